The van der Waals surface area contributed by atoms with Crippen LogP contribution in [0, 0.1) is 20.8 Å². The maximum atomic E-state index is 10.1. The molecule has 0 bridgehead atoms. The standard InChI is InChI=1S/C15H16O2/c1-9-5-4-6-10(2)14(9)12-7-8-13(16)11(3)15(12)17/h4-8,16-17H,1-3H3. The molecule has 2 rings (SSSR count). The molecule has 88 valence electrons. The van der Waals surface area contributed by atoms with Crippen molar-refractivity contribution in [1.29, 1.82) is 0 Å². The minimum absolute atomic E-state index is 0.123. The third kappa shape index (κ3) is 1.86. The van der Waals surface area contributed by atoms with Gasteiger partial charge in [-0.15, -0.1) is 0 Å². The number of rotatable bonds is 1. The summed E-state index contributed by atoms with van der Waals surface area (Å²) in [5.41, 5.74) is 4.56. The van der Waals surface area contributed by atoms with Crippen LogP contribution in [-0.4, -0.2) is 10.2 Å². The third-order valence-electron chi connectivity index (χ3n) is 3.15. The van der Waals surface area contributed by atoms with Crippen molar-refractivity contribution >= 4 is 0 Å². The fourth-order valence-electron chi connectivity index (χ4n) is 2.13. The lowest BCUT2D eigenvalue weighted by molar-refractivity contribution is 0.444. The highest BCUT2D eigenvalue weighted by atomic mass is 16.3. The van der Waals surface area contributed by atoms with E-state index in [1.54, 1.807) is 19.1 Å². The Morgan fingerprint density at radius 3 is 2.00 bits per heavy atom. The van der Waals surface area contributed by atoms with Gasteiger partial charge in [-0.1, -0.05) is 18.2 Å². The third-order valence-corrected chi connectivity index (χ3v) is 3.15. The molecule has 0 amide bonds. The molecule has 0 fully saturated rings. The van der Waals surface area contributed by atoms with Crippen molar-refractivity contribution in [3.05, 3.63) is 47.0 Å². The van der Waals surface area contributed by atoms with Crippen molar-refractivity contribution in [1.82, 2.24) is 0 Å². The molecule has 2 N–H and O–H groups in total. The zero-order chi connectivity index (χ0) is 12.6. The quantitative estimate of drug-likeness (QED) is 0.781. The first-order chi connectivity index (χ1) is 8.02. The van der Waals surface area contributed by atoms with Gasteiger partial charge in [-0.25, -0.2) is 0 Å². The van der Waals surface area contributed by atoms with E-state index in [9.17, 15) is 10.2 Å². The fourth-order valence-corrected chi connectivity index (χ4v) is 2.13. The summed E-state index contributed by atoms with van der Waals surface area (Å²) in [7, 11) is 0. The second kappa shape index (κ2) is 4.13. The van der Waals surface area contributed by atoms with Gasteiger partial charge in [-0.2, -0.15) is 0 Å². The topological polar surface area (TPSA) is 40.5 Å². The highest BCUT2D eigenvalue weighted by Gasteiger charge is 2.13. The van der Waals surface area contributed by atoms with Crippen LogP contribution in [-0.2, 0) is 0 Å². The Morgan fingerprint density at radius 2 is 1.41 bits per heavy atom. The van der Waals surface area contributed by atoms with Gasteiger partial charge < -0.3 is 10.2 Å². The van der Waals surface area contributed by atoms with Crippen molar-refractivity contribution in [2.24, 2.45) is 0 Å². The molecule has 0 spiro atoms. The van der Waals surface area contributed by atoms with Gasteiger partial charge in [-0.3, -0.25) is 0 Å². The fraction of sp³-hybridized carbons (Fsp3) is 0.200. The first kappa shape index (κ1) is 11.5. The van der Waals surface area contributed by atoms with Gasteiger partial charge in [0.2, 0.25) is 0 Å². The van der Waals surface area contributed by atoms with E-state index in [0.29, 0.717) is 5.56 Å². The van der Waals surface area contributed by atoms with Gasteiger partial charge >= 0.3 is 0 Å². The second-order valence-electron chi connectivity index (χ2n) is 4.37. The SMILES string of the molecule is Cc1cccc(C)c1-c1ccc(O)c(C)c1O. The predicted molar refractivity (Wildman–Crippen MR) is 69.4 cm³/mol. The van der Waals surface area contributed by atoms with Crippen LogP contribution in [0.15, 0.2) is 30.3 Å². The number of phenols is 2. The summed E-state index contributed by atoms with van der Waals surface area (Å²) in [5, 5.41) is 19.7. The van der Waals surface area contributed by atoms with E-state index >= 15 is 0 Å². The summed E-state index contributed by atoms with van der Waals surface area (Å²) in [6.07, 6.45) is 0. The molecule has 0 aliphatic heterocycles. The van der Waals surface area contributed by atoms with Crippen LogP contribution in [0.25, 0.3) is 11.1 Å². The Morgan fingerprint density at radius 1 is 0.824 bits per heavy atom. The number of benzene rings is 2. The number of hydrogen-bond acceptors (Lipinski definition) is 2. The summed E-state index contributed by atoms with van der Waals surface area (Å²) >= 11 is 0. The summed E-state index contributed by atoms with van der Waals surface area (Å²) in [6, 6.07) is 9.41. The summed E-state index contributed by atoms with van der Waals surface area (Å²) in [6.45, 7) is 5.75. The minimum atomic E-state index is 0.123. The zero-order valence-corrected chi connectivity index (χ0v) is 10.3. The molecule has 0 aliphatic carbocycles. The van der Waals surface area contributed by atoms with E-state index in [1.165, 1.54) is 0 Å². The number of hydrogen-bond donors (Lipinski definition) is 2. The highest BCUT2D eigenvalue weighted by molar-refractivity contribution is 5.78. The predicted octanol–water partition coefficient (Wildman–Crippen LogP) is 3.69. The number of phenolic OH excluding ortho intramolecular Hbond substituents is 2. The lowest BCUT2D eigenvalue weighted by Gasteiger charge is -2.13. The van der Waals surface area contributed by atoms with E-state index in [0.717, 1.165) is 22.3 Å². The van der Waals surface area contributed by atoms with Gasteiger partial charge in [0.25, 0.3) is 0 Å². The van der Waals surface area contributed by atoms with Crippen LogP contribution >= 0.6 is 0 Å². The lowest BCUT2D eigenvalue weighted by Crippen LogP contribution is -1.90. The van der Waals surface area contributed by atoms with Gasteiger partial charge in [0.15, 0.2) is 0 Å². The normalized spacial score (nSPS) is 10.5. The van der Waals surface area contributed by atoms with Crippen molar-refractivity contribution in [3.8, 4) is 22.6 Å². The molecule has 2 aromatic rings. The number of aromatic hydroxyl groups is 2. The van der Waals surface area contributed by atoms with Crippen LogP contribution < -0.4 is 0 Å². The number of aryl methyl sites for hydroxylation is 2. The molecular formula is C15H16O2. The Hall–Kier alpha value is -1.96. The Balaban J connectivity index is 2.74. The minimum Gasteiger partial charge on any atom is -0.508 e. The van der Waals surface area contributed by atoms with E-state index < -0.39 is 0 Å². The lowest BCUT2D eigenvalue weighted by atomic mass is 9.93. The molecule has 0 heterocycles. The maximum Gasteiger partial charge on any atom is 0.130 e. The molecule has 2 heteroatoms. The Kier molecular flexibility index (Phi) is 2.80. The molecule has 2 aromatic carbocycles. The van der Waals surface area contributed by atoms with Gasteiger partial charge in [0, 0.05) is 11.1 Å². The molecule has 0 unspecified atom stereocenters. The molecular weight excluding hydrogens is 212 g/mol. The Labute approximate surface area is 101 Å². The van der Waals surface area contributed by atoms with Crippen LogP contribution in [0.5, 0.6) is 11.5 Å². The van der Waals surface area contributed by atoms with Crippen molar-refractivity contribution in [3.63, 3.8) is 0 Å². The summed E-state index contributed by atoms with van der Waals surface area (Å²) in [5.74, 6) is 0.278. The smallest absolute Gasteiger partial charge is 0.130 e. The first-order valence-corrected chi connectivity index (χ1v) is 5.60. The van der Waals surface area contributed by atoms with E-state index in [1.807, 2.05) is 32.0 Å². The highest BCUT2D eigenvalue weighted by Crippen LogP contribution is 2.39. The van der Waals surface area contributed by atoms with Crippen molar-refractivity contribution in [2.75, 3.05) is 0 Å². The van der Waals surface area contributed by atoms with Gasteiger partial charge in [-0.05, 0) is 49.6 Å². The first-order valence-electron chi connectivity index (χ1n) is 5.60. The molecule has 0 aliphatic rings. The average Bonchev–Trinajstić information content (AvgIpc) is 2.29. The van der Waals surface area contributed by atoms with Crippen LogP contribution in [0.3, 0.4) is 0 Å². The van der Waals surface area contributed by atoms with Crippen molar-refractivity contribution < 1.29 is 10.2 Å². The molecule has 0 saturated carbocycles. The van der Waals surface area contributed by atoms with Crippen molar-refractivity contribution in [2.45, 2.75) is 20.8 Å². The summed E-state index contributed by atoms with van der Waals surface area (Å²) < 4.78 is 0. The van der Waals surface area contributed by atoms with Crippen LogP contribution in [0.4, 0.5) is 0 Å². The van der Waals surface area contributed by atoms with Crippen LogP contribution in [0.1, 0.15) is 16.7 Å². The summed E-state index contributed by atoms with van der Waals surface area (Å²) in [4.78, 5) is 0. The molecule has 0 aromatic heterocycles. The van der Waals surface area contributed by atoms with Gasteiger partial charge in [0.1, 0.15) is 11.5 Å². The average molecular weight is 228 g/mol. The Bertz CT molecular complexity index is 551. The largest absolute Gasteiger partial charge is 0.508 e. The van der Waals surface area contributed by atoms with E-state index in [2.05, 4.69) is 0 Å². The van der Waals surface area contributed by atoms with Crippen LogP contribution in [0.2, 0.25) is 0 Å². The van der Waals surface area contributed by atoms with E-state index in [-0.39, 0.29) is 11.5 Å². The monoisotopic (exact) mass is 228 g/mol. The zero-order valence-electron chi connectivity index (χ0n) is 10.3. The molecule has 2 nitrogen and oxygen atoms in total. The molecule has 0 radical (unpaired) electrons. The maximum absolute atomic E-state index is 10.1. The molecule has 17 heavy (non-hydrogen) atoms. The van der Waals surface area contributed by atoms with E-state index in [4.69, 9.17) is 0 Å². The second-order valence-corrected chi connectivity index (χ2v) is 4.37. The van der Waals surface area contributed by atoms with Gasteiger partial charge in [0.05, 0.1) is 0 Å². The molecule has 0 saturated heterocycles. The molecule has 0 atom stereocenters.